The van der Waals surface area contributed by atoms with E-state index >= 15 is 0 Å². The zero-order valence-corrected chi connectivity index (χ0v) is 15.5. The monoisotopic (exact) mass is 345 g/mol. The van der Waals surface area contributed by atoms with Gasteiger partial charge < -0.3 is 18.1 Å². The van der Waals surface area contributed by atoms with Gasteiger partial charge in [0.25, 0.3) is 0 Å². The molecule has 0 aromatic rings. The van der Waals surface area contributed by atoms with Crippen molar-refractivity contribution in [2.24, 2.45) is 0 Å². The van der Waals surface area contributed by atoms with E-state index in [1.165, 1.54) is 0 Å². The van der Waals surface area contributed by atoms with Gasteiger partial charge in [0, 0.05) is 0 Å². The predicted molar refractivity (Wildman–Crippen MR) is 83.8 cm³/mol. The van der Waals surface area contributed by atoms with Crippen LogP contribution in [-0.2, 0) is 27.2 Å². The zero-order chi connectivity index (χ0) is 16.4. The number of nitrogens with zero attached hydrogens (tertiary/aromatic N) is 1. The Kier molecular flexibility index (Phi) is 11.0. The Morgan fingerprint density at radius 3 is 1.14 bits per heavy atom. The standard InChI is InChI=1S/C12H29NO6P2/c1-6-13(11-20(14,16-7-2)17-8-3)12-21(15,18-9-4)19-10-5/h6-12H2,1-5H3. The van der Waals surface area contributed by atoms with Crippen molar-refractivity contribution >= 4 is 15.2 Å². The minimum absolute atomic E-state index is 0.0648. The molecule has 0 aliphatic carbocycles. The lowest BCUT2D eigenvalue weighted by atomic mass is 10.7. The van der Waals surface area contributed by atoms with Crippen molar-refractivity contribution in [3.8, 4) is 0 Å². The van der Waals surface area contributed by atoms with Gasteiger partial charge in [0.15, 0.2) is 0 Å². The second-order valence-electron chi connectivity index (χ2n) is 4.16. The fourth-order valence-corrected chi connectivity index (χ4v) is 5.55. The van der Waals surface area contributed by atoms with Crippen molar-refractivity contribution in [3.63, 3.8) is 0 Å². The van der Waals surface area contributed by atoms with E-state index < -0.39 is 15.2 Å². The van der Waals surface area contributed by atoms with E-state index in [-0.39, 0.29) is 12.6 Å². The highest BCUT2D eigenvalue weighted by Crippen LogP contribution is 2.52. The van der Waals surface area contributed by atoms with Crippen LogP contribution < -0.4 is 0 Å². The second kappa shape index (κ2) is 10.9. The molecule has 0 saturated heterocycles. The first-order valence-electron chi connectivity index (χ1n) is 7.37. The topological polar surface area (TPSA) is 74.3 Å². The fraction of sp³-hybridized carbons (Fsp3) is 1.00. The maximum atomic E-state index is 12.5. The molecule has 0 unspecified atom stereocenters. The van der Waals surface area contributed by atoms with Gasteiger partial charge in [0.1, 0.15) is 12.6 Å². The molecular formula is C12H29NO6P2. The van der Waals surface area contributed by atoms with Gasteiger partial charge in [-0.05, 0) is 34.2 Å². The van der Waals surface area contributed by atoms with Crippen molar-refractivity contribution < 1.29 is 27.2 Å². The summed E-state index contributed by atoms with van der Waals surface area (Å²) in [7, 11) is -6.44. The first kappa shape index (κ1) is 21.3. The van der Waals surface area contributed by atoms with E-state index in [0.29, 0.717) is 33.0 Å². The zero-order valence-electron chi connectivity index (χ0n) is 13.7. The Morgan fingerprint density at radius 1 is 0.667 bits per heavy atom. The molecule has 0 saturated carbocycles. The third-order valence-electron chi connectivity index (χ3n) is 2.50. The van der Waals surface area contributed by atoms with Crippen LogP contribution in [0.15, 0.2) is 0 Å². The molecule has 21 heavy (non-hydrogen) atoms. The Bertz CT molecular complexity index is 314. The lowest BCUT2D eigenvalue weighted by Crippen LogP contribution is -2.28. The molecule has 0 aromatic carbocycles. The maximum Gasteiger partial charge on any atom is 0.344 e. The molecule has 0 fully saturated rings. The molecule has 0 aliphatic heterocycles. The first-order valence-corrected chi connectivity index (χ1v) is 10.8. The average molecular weight is 345 g/mol. The summed E-state index contributed by atoms with van der Waals surface area (Å²) < 4.78 is 46.1. The van der Waals surface area contributed by atoms with Crippen LogP contribution in [0.3, 0.4) is 0 Å². The smallest absolute Gasteiger partial charge is 0.308 e. The van der Waals surface area contributed by atoms with Crippen molar-refractivity contribution in [1.29, 1.82) is 0 Å². The summed E-state index contributed by atoms with van der Waals surface area (Å²) in [6, 6.07) is 0. The third kappa shape index (κ3) is 8.46. The second-order valence-corrected chi connectivity index (χ2v) is 8.20. The fourth-order valence-electron chi connectivity index (χ4n) is 1.76. The molecule has 0 heterocycles. The molecule has 0 N–H and O–H groups in total. The quantitative estimate of drug-likeness (QED) is 0.471. The predicted octanol–water partition coefficient (Wildman–Crippen LogP) is 3.76. The Labute approximate surface area is 128 Å². The van der Waals surface area contributed by atoms with Crippen LogP contribution in [0.5, 0.6) is 0 Å². The largest absolute Gasteiger partial charge is 0.344 e. The van der Waals surface area contributed by atoms with Crippen LogP contribution in [0.2, 0.25) is 0 Å². The van der Waals surface area contributed by atoms with Crippen LogP contribution in [-0.4, -0.2) is 50.4 Å². The summed E-state index contributed by atoms with van der Waals surface area (Å²) >= 11 is 0. The summed E-state index contributed by atoms with van der Waals surface area (Å²) in [6.45, 7) is 10.6. The Hall–Kier alpha value is 0.260. The minimum Gasteiger partial charge on any atom is -0.308 e. The molecule has 0 bridgehead atoms. The molecule has 0 aliphatic rings. The molecule has 128 valence electrons. The van der Waals surface area contributed by atoms with E-state index in [4.69, 9.17) is 18.1 Å². The van der Waals surface area contributed by atoms with E-state index in [0.717, 1.165) is 0 Å². The Balaban J connectivity index is 4.89. The number of hydrogen-bond donors (Lipinski definition) is 0. The van der Waals surface area contributed by atoms with Crippen LogP contribution in [0, 0.1) is 0 Å². The summed E-state index contributed by atoms with van der Waals surface area (Å²) in [6.07, 6.45) is 0.130. The molecule has 0 radical (unpaired) electrons. The minimum atomic E-state index is -3.22. The van der Waals surface area contributed by atoms with Gasteiger partial charge in [0.2, 0.25) is 0 Å². The van der Waals surface area contributed by atoms with Gasteiger partial charge >= 0.3 is 15.2 Å². The highest BCUT2D eigenvalue weighted by atomic mass is 31.2. The van der Waals surface area contributed by atoms with Crippen molar-refractivity contribution in [3.05, 3.63) is 0 Å². The molecule has 0 spiro atoms. The maximum absolute atomic E-state index is 12.5. The van der Waals surface area contributed by atoms with Crippen LogP contribution >= 0.6 is 15.2 Å². The first-order chi connectivity index (χ1) is 9.88. The molecule has 0 amide bonds. The van der Waals surface area contributed by atoms with Crippen molar-refractivity contribution in [2.45, 2.75) is 34.6 Å². The third-order valence-corrected chi connectivity index (χ3v) is 6.60. The summed E-state index contributed by atoms with van der Waals surface area (Å²) in [4.78, 5) is 1.72. The summed E-state index contributed by atoms with van der Waals surface area (Å²) in [5.41, 5.74) is 0. The lowest BCUT2D eigenvalue weighted by Gasteiger charge is -2.28. The van der Waals surface area contributed by atoms with Gasteiger partial charge in [0.05, 0.1) is 26.4 Å². The molecule has 9 heteroatoms. The number of rotatable bonds is 13. The van der Waals surface area contributed by atoms with Crippen LogP contribution in [0.25, 0.3) is 0 Å². The van der Waals surface area contributed by atoms with E-state index in [9.17, 15) is 9.13 Å². The highest BCUT2D eigenvalue weighted by Gasteiger charge is 2.32. The molecule has 0 rings (SSSR count). The molecule has 7 nitrogen and oxygen atoms in total. The van der Waals surface area contributed by atoms with Gasteiger partial charge in [-0.25, -0.2) is 0 Å². The SMILES string of the molecule is CCOP(=O)(CN(CC)CP(=O)(OCC)OCC)OCC. The van der Waals surface area contributed by atoms with E-state index in [1.54, 1.807) is 32.6 Å². The average Bonchev–Trinajstić information content (AvgIpc) is 2.38. The Morgan fingerprint density at radius 2 is 0.952 bits per heavy atom. The summed E-state index contributed by atoms with van der Waals surface area (Å²) in [5.74, 6) is 0. The van der Waals surface area contributed by atoms with Crippen molar-refractivity contribution in [2.75, 3.05) is 45.5 Å². The molecule has 0 atom stereocenters. The molecular weight excluding hydrogens is 316 g/mol. The molecule has 0 aromatic heterocycles. The van der Waals surface area contributed by atoms with Gasteiger partial charge in [-0.1, -0.05) is 6.92 Å². The van der Waals surface area contributed by atoms with E-state index in [2.05, 4.69) is 0 Å². The van der Waals surface area contributed by atoms with Crippen LogP contribution in [0.4, 0.5) is 0 Å². The lowest BCUT2D eigenvalue weighted by molar-refractivity contribution is 0.186. The van der Waals surface area contributed by atoms with Crippen molar-refractivity contribution in [1.82, 2.24) is 4.90 Å². The highest BCUT2D eigenvalue weighted by molar-refractivity contribution is 7.54. The van der Waals surface area contributed by atoms with Gasteiger partial charge in [-0.2, -0.15) is 0 Å². The van der Waals surface area contributed by atoms with Crippen LogP contribution in [0.1, 0.15) is 34.6 Å². The van der Waals surface area contributed by atoms with E-state index in [1.807, 2.05) is 6.92 Å². The number of hydrogen-bond acceptors (Lipinski definition) is 7. The van der Waals surface area contributed by atoms with Gasteiger partial charge in [-0.15, -0.1) is 0 Å². The summed E-state index contributed by atoms with van der Waals surface area (Å²) in [5, 5.41) is 0. The normalized spacial score (nSPS) is 13.0. The van der Waals surface area contributed by atoms with Gasteiger partial charge in [-0.3, -0.25) is 14.0 Å².